The maximum atomic E-state index is 11.9. The quantitative estimate of drug-likeness (QED) is 0.715. The van der Waals surface area contributed by atoms with Crippen LogP contribution in [0.1, 0.15) is 34.9 Å². The standard InChI is InChI=1S/C18H25N5O2S/c1-26-16-6-4-14(5-7-16)11-22-9-2-3-15(12-22)23-13-17(20-21-23)18(25)19-8-10-24/h4-7,13,15,24H,2-3,8-12H2,1H3,(H,19,25). The maximum Gasteiger partial charge on any atom is 0.273 e. The molecule has 0 radical (unpaired) electrons. The van der Waals surface area contributed by atoms with Gasteiger partial charge in [0.1, 0.15) is 0 Å². The number of likely N-dealkylation sites (tertiary alicyclic amines) is 1. The predicted molar refractivity (Wildman–Crippen MR) is 101 cm³/mol. The van der Waals surface area contributed by atoms with Crippen LogP contribution in [0.15, 0.2) is 35.4 Å². The van der Waals surface area contributed by atoms with Crippen LogP contribution in [0.5, 0.6) is 0 Å². The third kappa shape index (κ3) is 4.84. The number of carbonyl (C=O) groups excluding carboxylic acids is 1. The molecule has 0 spiro atoms. The maximum absolute atomic E-state index is 11.9. The van der Waals surface area contributed by atoms with E-state index in [1.807, 2.05) is 0 Å². The van der Waals surface area contributed by atoms with Crippen LogP contribution < -0.4 is 5.32 Å². The molecule has 2 N–H and O–H groups in total. The first-order valence-electron chi connectivity index (χ1n) is 8.86. The highest BCUT2D eigenvalue weighted by Crippen LogP contribution is 2.23. The second-order valence-electron chi connectivity index (χ2n) is 6.44. The van der Waals surface area contributed by atoms with Gasteiger partial charge in [0.2, 0.25) is 0 Å². The van der Waals surface area contributed by atoms with E-state index in [2.05, 4.69) is 51.1 Å². The summed E-state index contributed by atoms with van der Waals surface area (Å²) in [4.78, 5) is 15.6. The van der Waals surface area contributed by atoms with Crippen LogP contribution in [0.25, 0.3) is 0 Å². The summed E-state index contributed by atoms with van der Waals surface area (Å²) in [5.74, 6) is -0.299. The number of piperidine rings is 1. The van der Waals surface area contributed by atoms with E-state index in [0.717, 1.165) is 32.5 Å². The van der Waals surface area contributed by atoms with Crippen molar-refractivity contribution in [2.24, 2.45) is 0 Å². The Morgan fingerprint density at radius 2 is 2.19 bits per heavy atom. The van der Waals surface area contributed by atoms with E-state index >= 15 is 0 Å². The van der Waals surface area contributed by atoms with E-state index in [-0.39, 0.29) is 25.1 Å². The van der Waals surface area contributed by atoms with Crippen molar-refractivity contribution in [1.29, 1.82) is 0 Å². The van der Waals surface area contributed by atoms with Gasteiger partial charge >= 0.3 is 0 Å². The molecule has 1 fully saturated rings. The smallest absolute Gasteiger partial charge is 0.273 e. The SMILES string of the molecule is CSc1ccc(CN2CCCC(n3cc(C(=O)NCCO)nn3)C2)cc1. The summed E-state index contributed by atoms with van der Waals surface area (Å²) in [7, 11) is 0. The molecular formula is C18H25N5O2S. The average molecular weight is 375 g/mol. The number of thioether (sulfide) groups is 1. The van der Waals surface area contributed by atoms with Crippen molar-refractivity contribution < 1.29 is 9.90 Å². The Morgan fingerprint density at radius 3 is 2.92 bits per heavy atom. The normalized spacial score (nSPS) is 18.0. The summed E-state index contributed by atoms with van der Waals surface area (Å²) in [6, 6.07) is 8.93. The Balaban J connectivity index is 1.59. The van der Waals surface area contributed by atoms with Gasteiger partial charge in [-0.15, -0.1) is 16.9 Å². The van der Waals surface area contributed by atoms with E-state index in [9.17, 15) is 4.79 Å². The molecule has 2 heterocycles. The number of aromatic nitrogens is 3. The van der Waals surface area contributed by atoms with Gasteiger partial charge in [0.25, 0.3) is 5.91 Å². The van der Waals surface area contributed by atoms with Gasteiger partial charge < -0.3 is 10.4 Å². The number of rotatable bonds is 7. The number of amides is 1. The largest absolute Gasteiger partial charge is 0.395 e. The lowest BCUT2D eigenvalue weighted by Gasteiger charge is -2.32. The van der Waals surface area contributed by atoms with Gasteiger partial charge in [0, 0.05) is 24.5 Å². The van der Waals surface area contributed by atoms with Crippen LogP contribution >= 0.6 is 11.8 Å². The van der Waals surface area contributed by atoms with Gasteiger partial charge in [-0.1, -0.05) is 17.3 Å². The van der Waals surface area contributed by atoms with Crippen LogP contribution in [0.3, 0.4) is 0 Å². The number of carbonyl (C=O) groups is 1. The molecule has 1 aromatic carbocycles. The molecule has 140 valence electrons. The Kier molecular flexibility index (Phi) is 6.65. The lowest BCUT2D eigenvalue weighted by atomic mass is 10.0. The number of hydrogen-bond acceptors (Lipinski definition) is 6. The summed E-state index contributed by atoms with van der Waals surface area (Å²) in [6.45, 7) is 3.02. The lowest BCUT2D eigenvalue weighted by Crippen LogP contribution is -2.36. The molecule has 1 unspecified atom stereocenters. The van der Waals surface area contributed by atoms with E-state index < -0.39 is 0 Å². The van der Waals surface area contributed by atoms with E-state index in [1.165, 1.54) is 10.5 Å². The number of nitrogens with one attached hydrogen (secondary N) is 1. The number of benzene rings is 1. The van der Waals surface area contributed by atoms with Crippen LogP contribution in [0, 0.1) is 0 Å². The predicted octanol–water partition coefficient (Wildman–Crippen LogP) is 1.56. The molecule has 0 saturated carbocycles. The van der Waals surface area contributed by atoms with Crippen LogP contribution in [0.2, 0.25) is 0 Å². The van der Waals surface area contributed by atoms with Crippen molar-refractivity contribution in [2.75, 3.05) is 32.5 Å². The van der Waals surface area contributed by atoms with E-state index in [0.29, 0.717) is 5.69 Å². The summed E-state index contributed by atoms with van der Waals surface area (Å²) >= 11 is 1.75. The summed E-state index contributed by atoms with van der Waals surface area (Å²) in [5, 5.41) is 19.5. The number of hydrogen-bond donors (Lipinski definition) is 2. The molecule has 0 aliphatic carbocycles. The highest BCUT2D eigenvalue weighted by molar-refractivity contribution is 7.98. The third-order valence-corrected chi connectivity index (χ3v) is 5.30. The molecule has 1 saturated heterocycles. The molecule has 1 aliphatic heterocycles. The van der Waals surface area contributed by atoms with Crippen molar-refractivity contribution in [3.63, 3.8) is 0 Å². The number of aliphatic hydroxyl groups excluding tert-OH is 1. The van der Waals surface area contributed by atoms with Gasteiger partial charge in [-0.05, 0) is 43.3 Å². The van der Waals surface area contributed by atoms with Crippen LogP contribution in [-0.2, 0) is 6.54 Å². The molecule has 1 atom stereocenters. The zero-order chi connectivity index (χ0) is 18.4. The Hall–Kier alpha value is -1.90. The van der Waals surface area contributed by atoms with Gasteiger partial charge in [-0.3, -0.25) is 9.69 Å². The fraction of sp³-hybridized carbons (Fsp3) is 0.500. The van der Waals surface area contributed by atoms with Gasteiger partial charge in [-0.25, -0.2) is 4.68 Å². The number of nitrogens with zero attached hydrogens (tertiary/aromatic N) is 4. The molecule has 8 heteroatoms. The lowest BCUT2D eigenvalue weighted by molar-refractivity contribution is 0.0939. The monoisotopic (exact) mass is 375 g/mol. The second-order valence-corrected chi connectivity index (χ2v) is 7.32. The van der Waals surface area contributed by atoms with Crippen molar-refractivity contribution in [3.8, 4) is 0 Å². The zero-order valence-corrected chi connectivity index (χ0v) is 15.8. The molecule has 3 rings (SSSR count). The molecule has 7 nitrogen and oxygen atoms in total. The summed E-state index contributed by atoms with van der Waals surface area (Å²) < 4.78 is 1.80. The second kappa shape index (κ2) is 9.16. The van der Waals surface area contributed by atoms with Gasteiger partial charge in [0.15, 0.2) is 5.69 Å². The minimum atomic E-state index is -0.299. The van der Waals surface area contributed by atoms with Crippen LogP contribution in [-0.4, -0.2) is 63.4 Å². The minimum absolute atomic E-state index is 0.0879. The Bertz CT molecular complexity index is 719. The van der Waals surface area contributed by atoms with Gasteiger partial charge in [-0.2, -0.15) is 0 Å². The molecule has 26 heavy (non-hydrogen) atoms. The minimum Gasteiger partial charge on any atom is -0.395 e. The Morgan fingerprint density at radius 1 is 1.38 bits per heavy atom. The molecule has 1 amide bonds. The van der Waals surface area contributed by atoms with Crippen LogP contribution in [0.4, 0.5) is 0 Å². The first-order chi connectivity index (χ1) is 12.7. The zero-order valence-electron chi connectivity index (χ0n) is 15.0. The molecule has 0 bridgehead atoms. The fourth-order valence-corrected chi connectivity index (χ4v) is 3.61. The van der Waals surface area contributed by atoms with Gasteiger partial charge in [0.05, 0.1) is 18.8 Å². The summed E-state index contributed by atoms with van der Waals surface area (Å²) in [5.41, 5.74) is 1.61. The van der Waals surface area contributed by atoms with E-state index in [4.69, 9.17) is 5.11 Å². The molecule has 1 aliphatic rings. The van der Waals surface area contributed by atoms with Crippen molar-refractivity contribution in [1.82, 2.24) is 25.2 Å². The van der Waals surface area contributed by atoms with E-state index in [1.54, 1.807) is 22.6 Å². The highest BCUT2D eigenvalue weighted by atomic mass is 32.2. The first-order valence-corrected chi connectivity index (χ1v) is 10.1. The number of aliphatic hydroxyl groups is 1. The Labute approximate surface area is 157 Å². The molecule has 1 aromatic heterocycles. The van der Waals surface area contributed by atoms with Crippen molar-refractivity contribution in [2.45, 2.75) is 30.3 Å². The first kappa shape index (κ1) is 18.9. The third-order valence-electron chi connectivity index (χ3n) is 4.56. The molecule has 2 aromatic rings. The summed E-state index contributed by atoms with van der Waals surface area (Å²) in [6.07, 6.45) is 5.91. The fourth-order valence-electron chi connectivity index (χ4n) is 3.20. The average Bonchev–Trinajstić information content (AvgIpc) is 3.17. The van der Waals surface area contributed by atoms with Crippen molar-refractivity contribution >= 4 is 17.7 Å². The molecular weight excluding hydrogens is 350 g/mol. The highest BCUT2D eigenvalue weighted by Gasteiger charge is 2.23. The topological polar surface area (TPSA) is 83.3 Å². The van der Waals surface area contributed by atoms with Crippen molar-refractivity contribution in [3.05, 3.63) is 41.7 Å².